The largest absolute Gasteiger partial charge is 0.460 e. The van der Waals surface area contributed by atoms with E-state index in [1.807, 2.05) is 20.8 Å². The van der Waals surface area contributed by atoms with Gasteiger partial charge in [-0.15, -0.1) is 0 Å². The van der Waals surface area contributed by atoms with Crippen molar-refractivity contribution in [2.75, 3.05) is 6.61 Å². The molecule has 0 saturated heterocycles. The molecule has 0 spiro atoms. The molecule has 15 heavy (non-hydrogen) atoms. The minimum Gasteiger partial charge on any atom is -0.460 e. The van der Waals surface area contributed by atoms with Crippen LogP contribution >= 0.6 is 0 Å². The van der Waals surface area contributed by atoms with Gasteiger partial charge in [0, 0.05) is 13.0 Å². The summed E-state index contributed by atoms with van der Waals surface area (Å²) in [6, 6.07) is 0. The van der Waals surface area contributed by atoms with Crippen molar-refractivity contribution in [3.8, 4) is 0 Å². The molecule has 0 aromatic carbocycles. The second-order valence-electron chi connectivity index (χ2n) is 4.64. The van der Waals surface area contributed by atoms with E-state index in [1.54, 1.807) is 0 Å². The molecule has 0 saturated carbocycles. The average molecular weight is 218 g/mol. The van der Waals surface area contributed by atoms with Crippen molar-refractivity contribution in [2.45, 2.75) is 58.2 Å². The average Bonchev–Trinajstić information content (AvgIpc) is 2.08. The highest BCUT2D eigenvalue weighted by Gasteiger charge is 2.16. The van der Waals surface area contributed by atoms with Gasteiger partial charge in [0.1, 0.15) is 5.60 Å². The first-order valence-corrected chi connectivity index (χ1v) is 5.36. The second-order valence-corrected chi connectivity index (χ2v) is 4.64. The van der Waals surface area contributed by atoms with Crippen molar-refractivity contribution < 1.29 is 19.7 Å². The molecule has 0 radical (unpaired) electrons. The van der Waals surface area contributed by atoms with Crippen LogP contribution in [0.1, 0.15) is 46.5 Å². The maximum absolute atomic E-state index is 11.3. The summed E-state index contributed by atoms with van der Waals surface area (Å²) in [6.45, 7) is 5.51. The summed E-state index contributed by atoms with van der Waals surface area (Å²) < 4.78 is 5.09. The van der Waals surface area contributed by atoms with Crippen molar-refractivity contribution in [2.24, 2.45) is 0 Å². The number of esters is 1. The van der Waals surface area contributed by atoms with Crippen molar-refractivity contribution in [3.05, 3.63) is 0 Å². The number of aliphatic hydroxyl groups is 2. The van der Waals surface area contributed by atoms with Crippen LogP contribution < -0.4 is 0 Å². The standard InChI is InChI=1S/C11H22O4/c1-11(2,3)15-10(14)7-6-9(13)5-4-8-12/h9,12-13H,4-8H2,1-3H3. The van der Waals surface area contributed by atoms with Crippen LogP contribution in [0, 0.1) is 0 Å². The fourth-order valence-electron chi connectivity index (χ4n) is 1.15. The lowest BCUT2D eigenvalue weighted by atomic mass is 10.1. The van der Waals surface area contributed by atoms with E-state index in [0.717, 1.165) is 0 Å². The summed E-state index contributed by atoms with van der Waals surface area (Å²) in [4.78, 5) is 11.3. The molecule has 0 aromatic rings. The van der Waals surface area contributed by atoms with Crippen molar-refractivity contribution >= 4 is 5.97 Å². The van der Waals surface area contributed by atoms with Gasteiger partial charge in [0.25, 0.3) is 0 Å². The molecule has 1 unspecified atom stereocenters. The van der Waals surface area contributed by atoms with E-state index in [-0.39, 0.29) is 19.0 Å². The Kier molecular flexibility index (Phi) is 6.52. The Bertz CT molecular complexity index is 184. The highest BCUT2D eigenvalue weighted by Crippen LogP contribution is 2.11. The number of hydrogen-bond donors (Lipinski definition) is 2. The van der Waals surface area contributed by atoms with Crippen molar-refractivity contribution in [1.82, 2.24) is 0 Å². The molecule has 0 fully saturated rings. The summed E-state index contributed by atoms with van der Waals surface area (Å²) in [6.07, 6.45) is 1.19. The van der Waals surface area contributed by atoms with Crippen LogP contribution in [0.4, 0.5) is 0 Å². The third kappa shape index (κ3) is 9.69. The summed E-state index contributed by atoms with van der Waals surface area (Å²) in [5, 5.41) is 18.0. The Morgan fingerprint density at radius 3 is 2.40 bits per heavy atom. The van der Waals surface area contributed by atoms with Crippen LogP contribution in [0.5, 0.6) is 0 Å². The molecule has 1 atom stereocenters. The number of ether oxygens (including phenoxy) is 1. The predicted molar refractivity (Wildman–Crippen MR) is 57.4 cm³/mol. The molecular formula is C11H22O4. The lowest BCUT2D eigenvalue weighted by Gasteiger charge is -2.19. The molecule has 0 amide bonds. The smallest absolute Gasteiger partial charge is 0.306 e. The topological polar surface area (TPSA) is 66.8 Å². The van der Waals surface area contributed by atoms with Crippen molar-refractivity contribution in [1.29, 1.82) is 0 Å². The number of hydrogen-bond acceptors (Lipinski definition) is 4. The SMILES string of the molecule is CC(C)(C)OC(=O)CCC(O)CCCO. The molecule has 2 N–H and O–H groups in total. The molecular weight excluding hydrogens is 196 g/mol. The lowest BCUT2D eigenvalue weighted by Crippen LogP contribution is -2.24. The summed E-state index contributed by atoms with van der Waals surface area (Å²) in [7, 11) is 0. The van der Waals surface area contributed by atoms with Gasteiger partial charge in [-0.05, 0) is 40.0 Å². The number of carbonyl (C=O) groups excluding carboxylic acids is 1. The normalized spacial score (nSPS) is 13.7. The van der Waals surface area contributed by atoms with E-state index in [4.69, 9.17) is 9.84 Å². The van der Waals surface area contributed by atoms with Gasteiger partial charge < -0.3 is 14.9 Å². The van der Waals surface area contributed by atoms with Gasteiger partial charge in [-0.3, -0.25) is 4.79 Å². The molecule has 0 aromatic heterocycles. The van der Waals surface area contributed by atoms with Crippen LogP contribution in [0.15, 0.2) is 0 Å². The first-order valence-electron chi connectivity index (χ1n) is 5.36. The molecule has 0 bridgehead atoms. The van der Waals surface area contributed by atoms with Crippen LogP contribution in [0.2, 0.25) is 0 Å². The number of aliphatic hydroxyl groups excluding tert-OH is 2. The van der Waals surface area contributed by atoms with Gasteiger partial charge in [-0.1, -0.05) is 0 Å². The van der Waals surface area contributed by atoms with Crippen LogP contribution in [-0.4, -0.2) is 34.5 Å². The zero-order chi connectivity index (χ0) is 11.9. The summed E-state index contributed by atoms with van der Waals surface area (Å²) in [5.74, 6) is -0.287. The fraction of sp³-hybridized carbons (Fsp3) is 0.909. The van der Waals surface area contributed by atoms with Crippen molar-refractivity contribution in [3.63, 3.8) is 0 Å². The Morgan fingerprint density at radius 1 is 1.33 bits per heavy atom. The van der Waals surface area contributed by atoms with E-state index in [0.29, 0.717) is 19.3 Å². The Balaban J connectivity index is 3.62. The highest BCUT2D eigenvalue weighted by atomic mass is 16.6. The molecule has 0 rings (SSSR count). The minimum atomic E-state index is -0.523. The molecule has 4 nitrogen and oxygen atoms in total. The molecule has 0 aliphatic carbocycles. The van der Waals surface area contributed by atoms with Gasteiger partial charge in [0.15, 0.2) is 0 Å². The fourth-order valence-corrected chi connectivity index (χ4v) is 1.15. The van der Waals surface area contributed by atoms with E-state index < -0.39 is 11.7 Å². The lowest BCUT2D eigenvalue weighted by molar-refractivity contribution is -0.155. The zero-order valence-electron chi connectivity index (χ0n) is 9.82. The van der Waals surface area contributed by atoms with E-state index in [9.17, 15) is 9.90 Å². The molecule has 0 aliphatic heterocycles. The van der Waals surface area contributed by atoms with Gasteiger partial charge in [0.2, 0.25) is 0 Å². The number of rotatable bonds is 6. The monoisotopic (exact) mass is 218 g/mol. The summed E-state index contributed by atoms with van der Waals surface area (Å²) >= 11 is 0. The van der Waals surface area contributed by atoms with Crippen LogP contribution in [-0.2, 0) is 9.53 Å². The maximum Gasteiger partial charge on any atom is 0.306 e. The second kappa shape index (κ2) is 6.80. The first kappa shape index (κ1) is 14.4. The van der Waals surface area contributed by atoms with Gasteiger partial charge >= 0.3 is 5.97 Å². The quantitative estimate of drug-likeness (QED) is 0.658. The van der Waals surface area contributed by atoms with Crippen LogP contribution in [0.25, 0.3) is 0 Å². The third-order valence-electron chi connectivity index (χ3n) is 1.80. The maximum atomic E-state index is 11.3. The molecule has 90 valence electrons. The highest BCUT2D eigenvalue weighted by molar-refractivity contribution is 5.69. The Labute approximate surface area is 91.3 Å². The molecule has 0 aliphatic rings. The zero-order valence-corrected chi connectivity index (χ0v) is 9.82. The predicted octanol–water partition coefficient (Wildman–Crippen LogP) is 1.24. The van der Waals surface area contributed by atoms with E-state index in [1.165, 1.54) is 0 Å². The Hall–Kier alpha value is -0.610. The van der Waals surface area contributed by atoms with Gasteiger partial charge in [0.05, 0.1) is 6.10 Å². The van der Waals surface area contributed by atoms with Crippen LogP contribution in [0.3, 0.4) is 0 Å². The summed E-state index contributed by atoms with van der Waals surface area (Å²) in [5.41, 5.74) is -0.465. The number of carbonyl (C=O) groups is 1. The van der Waals surface area contributed by atoms with Gasteiger partial charge in [-0.25, -0.2) is 0 Å². The molecule has 0 heterocycles. The Morgan fingerprint density at radius 2 is 1.93 bits per heavy atom. The van der Waals surface area contributed by atoms with E-state index in [2.05, 4.69) is 0 Å². The molecule has 4 heteroatoms. The van der Waals surface area contributed by atoms with Gasteiger partial charge in [-0.2, -0.15) is 0 Å². The van der Waals surface area contributed by atoms with E-state index >= 15 is 0 Å². The third-order valence-corrected chi connectivity index (χ3v) is 1.80. The minimum absolute atomic E-state index is 0.0729. The first-order chi connectivity index (χ1) is 6.85.